The van der Waals surface area contributed by atoms with Crippen LogP contribution in [0.3, 0.4) is 0 Å². The largest absolute Gasteiger partial charge is 0.381 e. The van der Waals surface area contributed by atoms with Gasteiger partial charge in [-0.2, -0.15) is 0 Å². The van der Waals surface area contributed by atoms with Gasteiger partial charge in [0.15, 0.2) is 5.78 Å². The molecule has 0 unspecified atom stereocenters. The normalized spacial score (nSPS) is 13.6. The van der Waals surface area contributed by atoms with E-state index in [2.05, 4.69) is 10.2 Å². The Morgan fingerprint density at radius 3 is 2.70 bits per heavy atom. The highest BCUT2D eigenvalue weighted by Crippen LogP contribution is 2.32. The molecule has 1 aliphatic rings. The lowest BCUT2D eigenvalue weighted by molar-refractivity contribution is 0.103. The number of hydrogen-bond acceptors (Lipinski definition) is 3. The van der Waals surface area contributed by atoms with Crippen LogP contribution in [0.15, 0.2) is 42.5 Å². The van der Waals surface area contributed by atoms with Crippen molar-refractivity contribution in [2.75, 3.05) is 30.4 Å². The molecule has 1 N–H and O–H groups in total. The summed E-state index contributed by atoms with van der Waals surface area (Å²) in [6.45, 7) is 1.65. The minimum atomic E-state index is -0.487. The number of anilines is 2. The molecule has 0 saturated heterocycles. The summed E-state index contributed by atoms with van der Waals surface area (Å²) in [5, 5.41) is 3.25. The van der Waals surface area contributed by atoms with Crippen molar-refractivity contribution < 1.29 is 9.18 Å². The van der Waals surface area contributed by atoms with E-state index in [1.807, 2.05) is 19.2 Å². The van der Waals surface area contributed by atoms with Crippen molar-refractivity contribution in [3.63, 3.8) is 0 Å². The SMILES string of the molecule is CN1CCNc2c(C(=O)c3ccccc3F)cccc21. The van der Waals surface area contributed by atoms with E-state index in [-0.39, 0.29) is 11.3 Å². The van der Waals surface area contributed by atoms with Gasteiger partial charge in [0.05, 0.1) is 16.9 Å². The van der Waals surface area contributed by atoms with Gasteiger partial charge in [0.2, 0.25) is 0 Å². The molecular weight excluding hydrogens is 255 g/mol. The van der Waals surface area contributed by atoms with E-state index >= 15 is 0 Å². The lowest BCUT2D eigenvalue weighted by Crippen LogP contribution is -2.31. The molecule has 20 heavy (non-hydrogen) atoms. The number of hydrogen-bond donors (Lipinski definition) is 1. The van der Waals surface area contributed by atoms with Gasteiger partial charge < -0.3 is 10.2 Å². The number of halogens is 1. The maximum atomic E-state index is 13.8. The molecule has 0 fully saturated rings. The number of benzene rings is 2. The van der Waals surface area contributed by atoms with Crippen molar-refractivity contribution in [2.45, 2.75) is 0 Å². The molecule has 0 radical (unpaired) electrons. The summed E-state index contributed by atoms with van der Waals surface area (Å²) in [6.07, 6.45) is 0. The molecule has 2 aromatic carbocycles. The van der Waals surface area contributed by atoms with Crippen LogP contribution in [0.1, 0.15) is 15.9 Å². The highest BCUT2D eigenvalue weighted by atomic mass is 19.1. The summed E-state index contributed by atoms with van der Waals surface area (Å²) >= 11 is 0. The van der Waals surface area contributed by atoms with Crippen molar-refractivity contribution in [1.82, 2.24) is 0 Å². The first-order chi connectivity index (χ1) is 9.68. The van der Waals surface area contributed by atoms with Gasteiger partial charge in [-0.1, -0.05) is 18.2 Å². The Hall–Kier alpha value is -2.36. The summed E-state index contributed by atoms with van der Waals surface area (Å²) in [7, 11) is 1.98. The second kappa shape index (κ2) is 4.96. The quantitative estimate of drug-likeness (QED) is 0.852. The zero-order chi connectivity index (χ0) is 14.1. The van der Waals surface area contributed by atoms with Crippen LogP contribution in [-0.4, -0.2) is 25.9 Å². The number of carbonyl (C=O) groups is 1. The zero-order valence-electron chi connectivity index (χ0n) is 11.2. The van der Waals surface area contributed by atoms with Crippen molar-refractivity contribution in [3.8, 4) is 0 Å². The van der Waals surface area contributed by atoms with Crippen molar-refractivity contribution in [3.05, 3.63) is 59.4 Å². The van der Waals surface area contributed by atoms with Gasteiger partial charge >= 0.3 is 0 Å². The lowest BCUT2D eigenvalue weighted by atomic mass is 9.99. The second-order valence-electron chi connectivity index (χ2n) is 4.86. The Bertz CT molecular complexity index is 669. The first-order valence-corrected chi connectivity index (χ1v) is 6.56. The smallest absolute Gasteiger partial charge is 0.198 e. The molecule has 1 aliphatic heterocycles. The highest BCUT2D eigenvalue weighted by molar-refractivity contribution is 6.14. The fraction of sp³-hybridized carbons (Fsp3) is 0.188. The number of nitrogens with one attached hydrogen (secondary N) is 1. The number of likely N-dealkylation sites (N-methyl/N-ethyl adjacent to an activating group) is 1. The monoisotopic (exact) mass is 270 g/mol. The van der Waals surface area contributed by atoms with Crippen LogP contribution in [0.2, 0.25) is 0 Å². The standard InChI is InChI=1S/C16H15FN2O/c1-19-10-9-18-15-12(6-4-8-14(15)19)16(20)11-5-2-3-7-13(11)17/h2-8,18H,9-10H2,1H3. The molecule has 2 aromatic rings. The van der Waals surface area contributed by atoms with Crippen LogP contribution in [0.5, 0.6) is 0 Å². The maximum absolute atomic E-state index is 13.8. The number of rotatable bonds is 2. The average Bonchev–Trinajstić information content (AvgIpc) is 2.47. The van der Waals surface area contributed by atoms with Gasteiger partial charge in [-0.05, 0) is 24.3 Å². The molecule has 3 nitrogen and oxygen atoms in total. The van der Waals surface area contributed by atoms with Gasteiger partial charge in [0.1, 0.15) is 5.82 Å². The van der Waals surface area contributed by atoms with E-state index in [1.54, 1.807) is 18.2 Å². The first kappa shape index (κ1) is 12.7. The van der Waals surface area contributed by atoms with E-state index in [4.69, 9.17) is 0 Å². The predicted molar refractivity (Wildman–Crippen MR) is 78.0 cm³/mol. The molecule has 0 atom stereocenters. The predicted octanol–water partition coefficient (Wildman–Crippen LogP) is 2.92. The Morgan fingerprint density at radius 2 is 1.90 bits per heavy atom. The van der Waals surface area contributed by atoms with Crippen molar-refractivity contribution >= 4 is 17.2 Å². The van der Waals surface area contributed by atoms with Crippen LogP contribution in [-0.2, 0) is 0 Å². The topological polar surface area (TPSA) is 32.3 Å². The van der Waals surface area contributed by atoms with E-state index in [1.165, 1.54) is 12.1 Å². The minimum Gasteiger partial charge on any atom is -0.381 e. The summed E-state index contributed by atoms with van der Waals surface area (Å²) < 4.78 is 13.8. The van der Waals surface area contributed by atoms with E-state index in [0.717, 1.165) is 24.5 Å². The number of para-hydroxylation sites is 1. The molecule has 0 bridgehead atoms. The summed E-state index contributed by atoms with van der Waals surface area (Å²) in [5.74, 6) is -0.776. The summed E-state index contributed by atoms with van der Waals surface area (Å²) in [5.41, 5.74) is 2.38. The Morgan fingerprint density at radius 1 is 1.15 bits per heavy atom. The number of nitrogens with zero attached hydrogens (tertiary/aromatic N) is 1. The van der Waals surface area contributed by atoms with Gasteiger partial charge in [-0.15, -0.1) is 0 Å². The molecule has 102 valence electrons. The average molecular weight is 270 g/mol. The Labute approximate surface area is 117 Å². The fourth-order valence-electron chi connectivity index (χ4n) is 2.49. The second-order valence-corrected chi connectivity index (χ2v) is 4.86. The third-order valence-corrected chi connectivity index (χ3v) is 3.57. The zero-order valence-corrected chi connectivity index (χ0v) is 11.2. The summed E-state index contributed by atoms with van der Waals surface area (Å²) in [6, 6.07) is 11.6. The van der Waals surface area contributed by atoms with E-state index in [0.29, 0.717) is 5.56 Å². The van der Waals surface area contributed by atoms with E-state index in [9.17, 15) is 9.18 Å². The maximum Gasteiger partial charge on any atom is 0.198 e. The molecule has 0 aromatic heterocycles. The van der Waals surface area contributed by atoms with E-state index < -0.39 is 5.82 Å². The number of carbonyl (C=O) groups excluding carboxylic acids is 1. The van der Waals surface area contributed by atoms with Crippen LogP contribution < -0.4 is 10.2 Å². The molecular formula is C16H15FN2O. The minimum absolute atomic E-state index is 0.107. The lowest BCUT2D eigenvalue weighted by Gasteiger charge is -2.29. The molecule has 0 amide bonds. The van der Waals surface area contributed by atoms with Gasteiger partial charge in [-0.3, -0.25) is 4.79 Å². The number of fused-ring (bicyclic) bond motifs is 1. The van der Waals surface area contributed by atoms with Gasteiger partial charge in [0.25, 0.3) is 0 Å². The van der Waals surface area contributed by atoms with Crippen molar-refractivity contribution in [1.29, 1.82) is 0 Å². The summed E-state index contributed by atoms with van der Waals surface area (Å²) in [4.78, 5) is 14.6. The van der Waals surface area contributed by atoms with Gasteiger partial charge in [-0.25, -0.2) is 4.39 Å². The third kappa shape index (κ3) is 2.03. The first-order valence-electron chi connectivity index (χ1n) is 6.56. The highest BCUT2D eigenvalue weighted by Gasteiger charge is 2.22. The van der Waals surface area contributed by atoms with Crippen LogP contribution in [0, 0.1) is 5.82 Å². The molecule has 3 rings (SSSR count). The van der Waals surface area contributed by atoms with Gasteiger partial charge in [0, 0.05) is 25.7 Å². The molecule has 0 aliphatic carbocycles. The Balaban J connectivity index is 2.10. The molecule has 4 heteroatoms. The molecule has 1 heterocycles. The molecule has 0 saturated carbocycles. The number of ketones is 1. The van der Waals surface area contributed by atoms with Crippen LogP contribution in [0.25, 0.3) is 0 Å². The Kier molecular flexibility index (Phi) is 3.14. The van der Waals surface area contributed by atoms with Crippen LogP contribution in [0.4, 0.5) is 15.8 Å². The third-order valence-electron chi connectivity index (χ3n) is 3.57. The van der Waals surface area contributed by atoms with Crippen molar-refractivity contribution in [2.24, 2.45) is 0 Å². The molecule has 0 spiro atoms. The fourth-order valence-corrected chi connectivity index (χ4v) is 2.49. The van der Waals surface area contributed by atoms with Crippen LogP contribution >= 0.6 is 0 Å².